The molecule has 3 aromatic rings. The Kier molecular flexibility index (Phi) is 11.4. The normalized spacial score (nSPS) is 15.3. The van der Waals surface area contributed by atoms with Gasteiger partial charge in [0.15, 0.2) is 23.2 Å². The van der Waals surface area contributed by atoms with E-state index in [0.717, 1.165) is 23.3 Å². The number of halogens is 2. The van der Waals surface area contributed by atoms with Crippen LogP contribution in [0.3, 0.4) is 0 Å². The molecule has 0 bridgehead atoms. The number of hydrogen-bond donors (Lipinski definition) is 0. The van der Waals surface area contributed by atoms with Gasteiger partial charge in [-0.1, -0.05) is 73.5 Å². The summed E-state index contributed by atoms with van der Waals surface area (Å²) < 4.78 is 66.9. The fourth-order valence-electron chi connectivity index (χ4n) is 4.72. The topological polar surface area (TPSA) is 111 Å². The van der Waals surface area contributed by atoms with Crippen LogP contribution >= 0.6 is 0 Å². The molecule has 8 nitrogen and oxygen atoms in total. The Morgan fingerprint density at radius 3 is 2.18 bits per heavy atom. The Bertz CT molecular complexity index is 1720. The minimum Gasteiger partial charge on any atom is -0.748 e. The molecule has 2 heterocycles. The molecule has 2 aliphatic heterocycles. The fraction of sp³-hybridized carbons (Fsp3) is 0.219. The second-order valence-electron chi connectivity index (χ2n) is 10.1. The first-order chi connectivity index (χ1) is 20.7. The smallest absolute Gasteiger partial charge is 0.748 e. The minimum atomic E-state index is -4.25. The number of rotatable bonds is 12. The number of benzene rings is 3. The van der Waals surface area contributed by atoms with Gasteiger partial charge in [0, 0.05) is 23.9 Å². The molecule has 2 aliphatic rings. The van der Waals surface area contributed by atoms with Crippen LogP contribution in [0.25, 0.3) is 11.8 Å². The zero-order chi connectivity index (χ0) is 30.4. The van der Waals surface area contributed by atoms with E-state index in [2.05, 4.69) is 4.99 Å². The summed E-state index contributed by atoms with van der Waals surface area (Å²) in [7, 11) is -4.25. The van der Waals surface area contributed by atoms with Crippen molar-refractivity contribution in [3.05, 3.63) is 113 Å². The van der Waals surface area contributed by atoms with E-state index in [0.29, 0.717) is 42.9 Å². The molecule has 0 N–H and O–H groups in total. The molecule has 0 fully saturated rings. The molecule has 0 saturated carbocycles. The summed E-state index contributed by atoms with van der Waals surface area (Å²) in [6, 6.07) is 21.2. The Labute approximate surface area is 276 Å². The van der Waals surface area contributed by atoms with E-state index in [-0.39, 0.29) is 53.8 Å². The molecule has 0 unspecified atom stereocenters. The van der Waals surface area contributed by atoms with Crippen molar-refractivity contribution in [2.45, 2.75) is 32.1 Å². The summed E-state index contributed by atoms with van der Waals surface area (Å²) in [4.78, 5) is 24.2. The number of aliphatic imine (C=N–C) groups is 2. The first-order valence-electron chi connectivity index (χ1n) is 13.8. The fourth-order valence-corrected chi connectivity index (χ4v) is 5.28. The van der Waals surface area contributed by atoms with Gasteiger partial charge in [-0.3, -0.25) is 9.69 Å². The van der Waals surface area contributed by atoms with Crippen LogP contribution in [-0.4, -0.2) is 47.7 Å². The number of carbonyl (C=O) groups excluding carboxylic acids is 1. The van der Waals surface area contributed by atoms with Crippen LogP contribution in [0.1, 0.15) is 42.4 Å². The van der Waals surface area contributed by atoms with Crippen LogP contribution in [0.2, 0.25) is 0 Å². The summed E-state index contributed by atoms with van der Waals surface area (Å²) in [5.74, 6) is -2.94. The van der Waals surface area contributed by atoms with Crippen molar-refractivity contribution in [3.63, 3.8) is 0 Å². The molecule has 0 saturated heterocycles. The monoisotopic (exact) mass is 627 g/mol. The van der Waals surface area contributed by atoms with Crippen molar-refractivity contribution in [2.24, 2.45) is 9.98 Å². The van der Waals surface area contributed by atoms with Gasteiger partial charge in [0.1, 0.15) is 5.70 Å². The van der Waals surface area contributed by atoms with Gasteiger partial charge >= 0.3 is 29.6 Å². The molecule has 0 aliphatic carbocycles. The third-order valence-corrected chi connectivity index (χ3v) is 7.59. The SMILES string of the molecule is O=C1/C(=C/c2cc(F)c(OCCCCCCS(=O)(=O)[O-])c(F)c2)N=C2C(Cc3ccccc3)=NC(c3ccccc3)=CN12.[Na+]. The number of nitrogens with zero attached hydrogens (tertiary/aromatic N) is 3. The zero-order valence-electron chi connectivity index (χ0n) is 24.1. The quantitative estimate of drug-likeness (QED) is 0.133. The van der Waals surface area contributed by atoms with Gasteiger partial charge in [-0.05, 0) is 42.2 Å². The molecule has 3 aromatic carbocycles. The average molecular weight is 628 g/mol. The van der Waals surface area contributed by atoms with Gasteiger partial charge in [-0.2, -0.15) is 0 Å². The zero-order valence-corrected chi connectivity index (χ0v) is 26.9. The minimum absolute atomic E-state index is 0. The average Bonchev–Trinajstić information content (AvgIpc) is 3.29. The standard InChI is InChI=1S/C32H29F2N3O5S.Na/c33-25-17-23(18-26(34)30(25)42-15-9-1-2-10-16-43(39,40)41)20-28-32(38)37-21-29(24-13-7-4-8-14-24)35-27(31(37)36-28)19-22-11-5-3-6-12-22;/h3-8,11-14,17-18,20-21H,1-2,9-10,15-16,19H2,(H,39,40,41);/q;+1/p-1/b28-20-;. The second kappa shape index (κ2) is 15.0. The van der Waals surface area contributed by atoms with Crippen molar-refractivity contribution in [3.8, 4) is 5.75 Å². The van der Waals surface area contributed by atoms with E-state index in [9.17, 15) is 26.5 Å². The van der Waals surface area contributed by atoms with Crippen molar-refractivity contribution in [1.29, 1.82) is 0 Å². The van der Waals surface area contributed by atoms with Gasteiger partial charge in [-0.25, -0.2) is 27.2 Å². The molecular formula is C32H28F2N3NaO5S. The molecule has 222 valence electrons. The Balaban J connectivity index is 0.00000442. The Morgan fingerprint density at radius 2 is 1.52 bits per heavy atom. The van der Waals surface area contributed by atoms with Crippen LogP contribution in [0.15, 0.2) is 94.7 Å². The summed E-state index contributed by atoms with van der Waals surface area (Å²) >= 11 is 0. The molecular weight excluding hydrogens is 599 g/mol. The van der Waals surface area contributed by atoms with Crippen molar-refractivity contribution in [2.75, 3.05) is 12.4 Å². The third-order valence-electron chi connectivity index (χ3n) is 6.80. The predicted molar refractivity (Wildman–Crippen MR) is 159 cm³/mol. The number of carbonyl (C=O) groups is 1. The number of amides is 1. The van der Waals surface area contributed by atoms with Crippen LogP contribution < -0.4 is 34.3 Å². The van der Waals surface area contributed by atoms with Crippen molar-refractivity contribution in [1.82, 2.24) is 4.90 Å². The van der Waals surface area contributed by atoms with E-state index < -0.39 is 39.2 Å². The number of unbranched alkanes of at least 4 members (excludes halogenated alkanes) is 3. The maximum atomic E-state index is 14.8. The third kappa shape index (κ3) is 8.58. The van der Waals surface area contributed by atoms with E-state index >= 15 is 0 Å². The Hall–Kier alpha value is -3.48. The van der Waals surface area contributed by atoms with Crippen LogP contribution in [0.4, 0.5) is 8.78 Å². The molecule has 0 radical (unpaired) electrons. The molecule has 1 amide bonds. The summed E-state index contributed by atoms with van der Waals surface area (Å²) in [6.07, 6.45) is 5.03. The largest absolute Gasteiger partial charge is 1.00 e. The van der Waals surface area contributed by atoms with Crippen LogP contribution in [-0.2, 0) is 21.3 Å². The molecule has 0 spiro atoms. The van der Waals surface area contributed by atoms with Gasteiger partial charge in [0.25, 0.3) is 5.91 Å². The van der Waals surface area contributed by atoms with Gasteiger partial charge in [-0.15, -0.1) is 0 Å². The first kappa shape index (κ1) is 33.4. The van der Waals surface area contributed by atoms with Gasteiger partial charge in [0.2, 0.25) is 0 Å². The molecule has 0 aromatic heterocycles. The summed E-state index contributed by atoms with van der Waals surface area (Å²) in [5, 5.41) is 0. The molecule has 12 heteroatoms. The predicted octanol–water partition coefficient (Wildman–Crippen LogP) is 2.73. The number of hydrogen-bond acceptors (Lipinski definition) is 7. The summed E-state index contributed by atoms with van der Waals surface area (Å²) in [5.41, 5.74) is 3.09. The maximum absolute atomic E-state index is 14.8. The van der Waals surface area contributed by atoms with E-state index in [1.807, 2.05) is 60.7 Å². The van der Waals surface area contributed by atoms with Gasteiger partial charge < -0.3 is 9.29 Å². The van der Waals surface area contributed by atoms with Crippen LogP contribution in [0, 0.1) is 11.6 Å². The van der Waals surface area contributed by atoms with Crippen LogP contribution in [0.5, 0.6) is 5.75 Å². The summed E-state index contributed by atoms with van der Waals surface area (Å²) in [6.45, 7) is 0.0130. The second-order valence-corrected chi connectivity index (χ2v) is 11.6. The van der Waals surface area contributed by atoms with Crippen molar-refractivity contribution < 1.29 is 60.8 Å². The molecule has 5 rings (SSSR count). The van der Waals surface area contributed by atoms with Crippen molar-refractivity contribution >= 4 is 39.3 Å². The molecule has 0 atom stereocenters. The Morgan fingerprint density at radius 1 is 0.886 bits per heavy atom. The maximum Gasteiger partial charge on any atom is 1.00 e. The van der Waals surface area contributed by atoms with E-state index in [1.54, 1.807) is 6.20 Å². The van der Waals surface area contributed by atoms with E-state index in [4.69, 9.17) is 9.73 Å². The number of ether oxygens (including phenoxy) is 1. The number of fused-ring (bicyclic) bond motifs is 1. The molecule has 44 heavy (non-hydrogen) atoms. The number of amidine groups is 1. The van der Waals surface area contributed by atoms with Gasteiger partial charge in [0.05, 0.1) is 28.1 Å². The first-order valence-corrected chi connectivity index (χ1v) is 15.3. The van der Waals surface area contributed by atoms with E-state index in [1.165, 1.54) is 11.0 Å².